The average Bonchev–Trinajstić information content (AvgIpc) is 2.75. The Morgan fingerprint density at radius 1 is 0.724 bits per heavy atom. The Kier molecular flexibility index (Phi) is 7.30. The highest BCUT2D eigenvalue weighted by Gasteiger charge is 2.39. The average molecular weight is 403 g/mol. The first-order chi connectivity index (χ1) is 14.1. The lowest BCUT2D eigenvalue weighted by atomic mass is 9.60. The lowest BCUT2D eigenvalue weighted by molar-refractivity contribution is 0.0710. The number of benzene rings is 1. The van der Waals surface area contributed by atoms with E-state index in [1.165, 1.54) is 95.6 Å². The van der Waals surface area contributed by atoms with Gasteiger partial charge in [0.2, 0.25) is 0 Å². The number of hydrogen-bond donors (Lipinski definition) is 0. The third kappa shape index (κ3) is 5.23. The van der Waals surface area contributed by atoms with Gasteiger partial charge in [-0.25, -0.2) is 8.78 Å². The van der Waals surface area contributed by atoms with Gasteiger partial charge in [0.25, 0.3) is 0 Å². The minimum Gasteiger partial charge on any atom is -0.204 e. The molecular formula is C27H40F2. The molecule has 0 nitrogen and oxygen atoms in total. The van der Waals surface area contributed by atoms with Gasteiger partial charge < -0.3 is 0 Å². The molecule has 1 aromatic rings. The van der Waals surface area contributed by atoms with Crippen molar-refractivity contribution in [1.82, 2.24) is 0 Å². The first kappa shape index (κ1) is 21.3. The highest BCUT2D eigenvalue weighted by molar-refractivity contribution is 5.22. The van der Waals surface area contributed by atoms with Crippen LogP contribution in [0.3, 0.4) is 0 Å². The molecular weight excluding hydrogens is 362 g/mol. The fourth-order valence-corrected chi connectivity index (χ4v) is 7.05. The molecule has 0 spiro atoms. The Hall–Kier alpha value is -0.920. The van der Waals surface area contributed by atoms with Gasteiger partial charge in [-0.15, -0.1) is 0 Å². The lowest BCUT2D eigenvalue weighted by Crippen LogP contribution is -2.34. The summed E-state index contributed by atoms with van der Waals surface area (Å²) in [4.78, 5) is 0. The Bertz CT molecular complexity index is 646. The monoisotopic (exact) mass is 402 g/mol. The van der Waals surface area contributed by atoms with Crippen LogP contribution in [0.15, 0.2) is 18.2 Å². The third-order valence-electron chi connectivity index (χ3n) is 8.84. The number of halogens is 2. The summed E-state index contributed by atoms with van der Waals surface area (Å²) in [5, 5.41) is 0. The molecule has 3 fully saturated rings. The first-order valence-corrected chi connectivity index (χ1v) is 12.6. The van der Waals surface area contributed by atoms with Crippen molar-refractivity contribution in [3.63, 3.8) is 0 Å². The van der Waals surface area contributed by atoms with E-state index in [4.69, 9.17) is 0 Å². The van der Waals surface area contributed by atoms with Crippen LogP contribution >= 0.6 is 0 Å². The van der Waals surface area contributed by atoms with E-state index in [-0.39, 0.29) is 0 Å². The predicted octanol–water partition coefficient (Wildman–Crippen LogP) is 8.65. The second kappa shape index (κ2) is 9.92. The minimum absolute atomic E-state index is 0.432. The van der Waals surface area contributed by atoms with Gasteiger partial charge in [-0.1, -0.05) is 51.5 Å². The van der Waals surface area contributed by atoms with Crippen molar-refractivity contribution in [3.05, 3.63) is 35.4 Å². The summed E-state index contributed by atoms with van der Waals surface area (Å²) in [5.41, 5.74) is 1.02. The molecule has 0 heterocycles. The summed E-state index contributed by atoms with van der Waals surface area (Å²) < 4.78 is 26.9. The number of unbranched alkanes of at least 4 members (excludes halogenated alkanes) is 2. The predicted molar refractivity (Wildman–Crippen MR) is 117 cm³/mol. The van der Waals surface area contributed by atoms with Crippen molar-refractivity contribution in [3.8, 4) is 0 Å². The molecule has 162 valence electrons. The zero-order valence-electron chi connectivity index (χ0n) is 18.4. The van der Waals surface area contributed by atoms with E-state index >= 15 is 0 Å². The quantitative estimate of drug-likeness (QED) is 0.418. The lowest BCUT2D eigenvalue weighted by Gasteiger charge is -2.45. The van der Waals surface area contributed by atoms with Gasteiger partial charge in [0, 0.05) is 0 Å². The highest BCUT2D eigenvalue weighted by atomic mass is 19.2. The van der Waals surface area contributed by atoms with E-state index in [1.807, 2.05) is 6.07 Å². The second-order valence-corrected chi connectivity index (χ2v) is 10.6. The number of rotatable bonds is 6. The van der Waals surface area contributed by atoms with Crippen LogP contribution in [-0.4, -0.2) is 0 Å². The van der Waals surface area contributed by atoms with Crippen molar-refractivity contribution < 1.29 is 8.78 Å². The molecule has 3 aliphatic carbocycles. The highest BCUT2D eigenvalue weighted by Crippen LogP contribution is 2.51. The Morgan fingerprint density at radius 3 is 2.10 bits per heavy atom. The largest absolute Gasteiger partial charge is 0.204 e. The molecule has 4 atom stereocenters. The second-order valence-electron chi connectivity index (χ2n) is 10.6. The summed E-state index contributed by atoms with van der Waals surface area (Å²) in [5.74, 6) is 3.69. The molecule has 0 aromatic heterocycles. The fraction of sp³-hybridized carbons (Fsp3) is 0.778. The first-order valence-electron chi connectivity index (χ1n) is 12.6. The standard InChI is InChI=1S/C27H40F2/c1-2-3-4-5-19-6-8-20(9-7-19)21-10-11-23-17-24(13-12-22(23)16-21)25-14-15-26(28)27(29)18-25/h14-15,18-24H,2-13,16-17H2,1H3. The smallest absolute Gasteiger partial charge is 0.159 e. The van der Waals surface area contributed by atoms with Crippen LogP contribution in [0.25, 0.3) is 0 Å². The van der Waals surface area contributed by atoms with Crippen LogP contribution in [-0.2, 0) is 0 Å². The van der Waals surface area contributed by atoms with Crippen LogP contribution in [0.5, 0.6) is 0 Å². The van der Waals surface area contributed by atoms with Gasteiger partial charge >= 0.3 is 0 Å². The molecule has 3 saturated carbocycles. The van der Waals surface area contributed by atoms with Gasteiger partial charge in [0.1, 0.15) is 0 Å². The van der Waals surface area contributed by atoms with Crippen LogP contribution in [0.1, 0.15) is 108 Å². The molecule has 1 aromatic carbocycles. The van der Waals surface area contributed by atoms with Gasteiger partial charge in [0.15, 0.2) is 11.6 Å². The minimum atomic E-state index is -0.719. The van der Waals surface area contributed by atoms with E-state index < -0.39 is 11.6 Å². The summed E-state index contributed by atoms with van der Waals surface area (Å²) >= 11 is 0. The van der Waals surface area contributed by atoms with Gasteiger partial charge in [-0.05, 0) is 105 Å². The van der Waals surface area contributed by atoms with E-state index in [1.54, 1.807) is 0 Å². The normalized spacial score (nSPS) is 35.3. The Morgan fingerprint density at radius 2 is 1.38 bits per heavy atom. The van der Waals surface area contributed by atoms with Crippen molar-refractivity contribution in [2.75, 3.05) is 0 Å². The summed E-state index contributed by atoms with van der Waals surface area (Å²) in [7, 11) is 0. The van der Waals surface area contributed by atoms with E-state index in [0.29, 0.717) is 5.92 Å². The summed E-state index contributed by atoms with van der Waals surface area (Å²) in [6.45, 7) is 2.30. The molecule has 4 unspecified atom stereocenters. The Balaban J connectivity index is 1.25. The van der Waals surface area contributed by atoms with E-state index in [2.05, 4.69) is 6.92 Å². The topological polar surface area (TPSA) is 0 Å². The molecule has 29 heavy (non-hydrogen) atoms. The maximum absolute atomic E-state index is 13.7. The molecule has 4 rings (SSSR count). The SMILES string of the molecule is CCCCCC1CCC(C2CCC3CC(c4ccc(F)c(F)c4)CCC3C2)CC1. The van der Waals surface area contributed by atoms with Crippen molar-refractivity contribution in [2.24, 2.45) is 29.6 Å². The molecule has 0 saturated heterocycles. The third-order valence-corrected chi connectivity index (χ3v) is 8.84. The molecule has 0 N–H and O–H groups in total. The van der Waals surface area contributed by atoms with Gasteiger partial charge in [0.05, 0.1) is 0 Å². The van der Waals surface area contributed by atoms with E-state index in [0.717, 1.165) is 41.6 Å². The maximum Gasteiger partial charge on any atom is 0.159 e. The summed E-state index contributed by atoms with van der Waals surface area (Å²) in [6.07, 6.45) is 19.5. The maximum atomic E-state index is 13.7. The molecule has 2 heteroatoms. The van der Waals surface area contributed by atoms with Crippen molar-refractivity contribution >= 4 is 0 Å². The van der Waals surface area contributed by atoms with Crippen LogP contribution in [0.4, 0.5) is 8.78 Å². The zero-order valence-corrected chi connectivity index (χ0v) is 18.4. The fourth-order valence-electron chi connectivity index (χ4n) is 7.05. The van der Waals surface area contributed by atoms with Crippen LogP contribution in [0.2, 0.25) is 0 Å². The number of fused-ring (bicyclic) bond motifs is 1. The van der Waals surface area contributed by atoms with Crippen LogP contribution < -0.4 is 0 Å². The molecule has 3 aliphatic rings. The molecule has 0 amide bonds. The van der Waals surface area contributed by atoms with Crippen LogP contribution in [0, 0.1) is 41.2 Å². The number of hydrogen-bond acceptors (Lipinski definition) is 0. The van der Waals surface area contributed by atoms with Crippen molar-refractivity contribution in [2.45, 2.75) is 103 Å². The van der Waals surface area contributed by atoms with Gasteiger partial charge in [-0.2, -0.15) is 0 Å². The zero-order chi connectivity index (χ0) is 20.2. The molecule has 0 radical (unpaired) electrons. The molecule has 0 bridgehead atoms. The Labute approximate surface area is 176 Å². The molecule has 0 aliphatic heterocycles. The van der Waals surface area contributed by atoms with E-state index in [9.17, 15) is 8.78 Å². The summed E-state index contributed by atoms with van der Waals surface area (Å²) in [6, 6.07) is 4.57. The van der Waals surface area contributed by atoms with Crippen molar-refractivity contribution in [1.29, 1.82) is 0 Å². The van der Waals surface area contributed by atoms with Gasteiger partial charge in [-0.3, -0.25) is 0 Å².